The topological polar surface area (TPSA) is 66.8 Å². The molecule has 0 aliphatic heterocycles. The molecule has 142 valence electrons. The van der Waals surface area contributed by atoms with Gasteiger partial charge < -0.3 is 14.9 Å². The summed E-state index contributed by atoms with van der Waals surface area (Å²) in [6, 6.07) is 0. The monoisotopic (exact) mass is 350 g/mol. The van der Waals surface area contributed by atoms with E-state index in [1.807, 2.05) is 0 Å². The summed E-state index contributed by atoms with van der Waals surface area (Å²) in [6.07, 6.45) is 9.30. The van der Waals surface area contributed by atoms with E-state index in [2.05, 4.69) is 13.8 Å². The van der Waals surface area contributed by atoms with Crippen LogP contribution in [0.4, 0.5) is 0 Å². The number of ether oxygens (including phenoxy) is 1. The summed E-state index contributed by atoms with van der Waals surface area (Å²) in [5.74, 6) is 1.15. The molecule has 0 saturated heterocycles. The minimum absolute atomic E-state index is 0.0358. The van der Waals surface area contributed by atoms with Crippen LogP contribution < -0.4 is 0 Å². The Balaban J connectivity index is 1.71. The third-order valence-corrected chi connectivity index (χ3v) is 9.24. The molecule has 2 N–H and O–H groups in total. The second-order valence-corrected chi connectivity index (χ2v) is 10.2. The highest BCUT2D eigenvalue weighted by Crippen LogP contribution is 2.72. The minimum Gasteiger partial charge on any atom is -0.469 e. The van der Waals surface area contributed by atoms with Gasteiger partial charge >= 0.3 is 5.97 Å². The van der Waals surface area contributed by atoms with Crippen molar-refractivity contribution in [1.29, 1.82) is 0 Å². The van der Waals surface area contributed by atoms with Crippen LogP contribution in [0.1, 0.15) is 71.6 Å². The Morgan fingerprint density at radius 2 is 1.88 bits per heavy atom. The molecular weight excluding hydrogens is 316 g/mol. The molecule has 0 aromatic carbocycles. The Hall–Kier alpha value is -0.610. The van der Waals surface area contributed by atoms with Crippen LogP contribution in [0.5, 0.6) is 0 Å². The number of carbonyl (C=O) groups excluding carboxylic acids is 1. The normalized spacial score (nSPS) is 54.5. The first-order valence-corrected chi connectivity index (χ1v) is 10.2. The zero-order chi connectivity index (χ0) is 18.1. The molecule has 0 aromatic heterocycles. The van der Waals surface area contributed by atoms with Crippen molar-refractivity contribution >= 4 is 5.97 Å². The van der Waals surface area contributed by atoms with Crippen molar-refractivity contribution in [1.82, 2.24) is 0 Å². The molecule has 4 saturated carbocycles. The molecule has 1 spiro atoms. The first kappa shape index (κ1) is 17.8. The fraction of sp³-hybridized carbons (Fsp3) is 0.952. The average molecular weight is 350 g/mol. The number of aliphatic hydroxyl groups is 2. The summed E-state index contributed by atoms with van der Waals surface area (Å²) in [5, 5.41) is 20.8. The van der Waals surface area contributed by atoms with Gasteiger partial charge in [0.25, 0.3) is 0 Å². The van der Waals surface area contributed by atoms with Crippen LogP contribution >= 0.6 is 0 Å². The van der Waals surface area contributed by atoms with Crippen molar-refractivity contribution in [2.75, 3.05) is 13.7 Å². The molecule has 7 atom stereocenters. The lowest BCUT2D eigenvalue weighted by Crippen LogP contribution is -2.58. The molecule has 4 nitrogen and oxygen atoms in total. The van der Waals surface area contributed by atoms with Gasteiger partial charge in [0.2, 0.25) is 0 Å². The van der Waals surface area contributed by atoms with Gasteiger partial charge in [0.05, 0.1) is 24.7 Å². The van der Waals surface area contributed by atoms with Crippen LogP contribution in [0, 0.1) is 34.0 Å². The highest BCUT2D eigenvalue weighted by molar-refractivity contribution is 5.77. The minimum atomic E-state index is -0.877. The zero-order valence-electron chi connectivity index (χ0n) is 16.0. The maximum Gasteiger partial charge on any atom is 0.311 e. The van der Waals surface area contributed by atoms with E-state index < -0.39 is 5.60 Å². The molecule has 2 bridgehead atoms. The van der Waals surface area contributed by atoms with Crippen LogP contribution in [-0.4, -0.2) is 35.5 Å². The standard InChI is InChI=1S/C21H34O4/c1-18-8-4-9-19(2,17(23)25-3)15(18)7-10-20-11-14(5-6-16(18)20)21(24,12-20)13-22/h14-16,22,24H,4-13H2,1-3H3/t14-,15+,16+,18-,19-,20+,21+/m1/s1. The number of rotatable bonds is 2. The highest BCUT2D eigenvalue weighted by Gasteiger charge is 2.68. The molecule has 25 heavy (non-hydrogen) atoms. The van der Waals surface area contributed by atoms with Crippen LogP contribution in [0.25, 0.3) is 0 Å². The molecule has 0 unspecified atom stereocenters. The van der Waals surface area contributed by atoms with E-state index in [4.69, 9.17) is 4.74 Å². The van der Waals surface area contributed by atoms with Gasteiger partial charge in [-0.3, -0.25) is 4.79 Å². The summed E-state index contributed by atoms with van der Waals surface area (Å²) in [7, 11) is 1.52. The van der Waals surface area contributed by atoms with Crippen molar-refractivity contribution < 1.29 is 19.7 Å². The quantitative estimate of drug-likeness (QED) is 0.750. The second kappa shape index (κ2) is 5.45. The van der Waals surface area contributed by atoms with Crippen molar-refractivity contribution in [3.63, 3.8) is 0 Å². The van der Waals surface area contributed by atoms with E-state index in [1.54, 1.807) is 0 Å². The maximum absolute atomic E-state index is 12.7. The first-order valence-electron chi connectivity index (χ1n) is 10.2. The van der Waals surface area contributed by atoms with Gasteiger partial charge in [0, 0.05) is 0 Å². The number of carbonyl (C=O) groups is 1. The molecule has 4 rings (SSSR count). The van der Waals surface area contributed by atoms with Gasteiger partial charge in [-0.25, -0.2) is 0 Å². The van der Waals surface area contributed by atoms with Crippen LogP contribution in [0.3, 0.4) is 0 Å². The van der Waals surface area contributed by atoms with Crippen LogP contribution in [-0.2, 0) is 9.53 Å². The number of hydrogen-bond donors (Lipinski definition) is 2. The molecule has 4 heteroatoms. The largest absolute Gasteiger partial charge is 0.469 e. The van der Waals surface area contributed by atoms with Crippen molar-refractivity contribution in [2.24, 2.45) is 34.0 Å². The first-order chi connectivity index (χ1) is 11.7. The fourth-order valence-corrected chi connectivity index (χ4v) is 8.28. The second-order valence-electron chi connectivity index (χ2n) is 10.2. The summed E-state index contributed by atoms with van der Waals surface area (Å²) in [4.78, 5) is 12.7. The summed E-state index contributed by atoms with van der Waals surface area (Å²) in [5.41, 5.74) is -0.935. The Labute approximate surface area is 151 Å². The lowest BCUT2D eigenvalue weighted by Gasteiger charge is -2.63. The van der Waals surface area contributed by atoms with Gasteiger partial charge in [-0.1, -0.05) is 13.3 Å². The smallest absolute Gasteiger partial charge is 0.311 e. The van der Waals surface area contributed by atoms with E-state index in [-0.39, 0.29) is 34.7 Å². The van der Waals surface area contributed by atoms with Crippen LogP contribution in [0.15, 0.2) is 0 Å². The number of fused-ring (bicyclic) bond motifs is 3. The average Bonchev–Trinajstić information content (AvgIpc) is 2.80. The lowest BCUT2D eigenvalue weighted by atomic mass is 9.41. The predicted octanol–water partition coefficient (Wildman–Crippen LogP) is 3.30. The fourth-order valence-electron chi connectivity index (χ4n) is 8.28. The van der Waals surface area contributed by atoms with Crippen molar-refractivity contribution in [3.05, 3.63) is 0 Å². The van der Waals surface area contributed by atoms with Crippen LogP contribution in [0.2, 0.25) is 0 Å². The lowest BCUT2D eigenvalue weighted by molar-refractivity contribution is -0.184. The number of hydrogen-bond acceptors (Lipinski definition) is 4. The van der Waals surface area contributed by atoms with Crippen molar-refractivity contribution in [2.45, 2.75) is 77.2 Å². The van der Waals surface area contributed by atoms with E-state index in [1.165, 1.54) is 13.5 Å². The van der Waals surface area contributed by atoms with E-state index in [9.17, 15) is 15.0 Å². The summed E-state index contributed by atoms with van der Waals surface area (Å²) in [6.45, 7) is 4.44. The van der Waals surface area contributed by atoms with Gasteiger partial charge in [-0.2, -0.15) is 0 Å². The Morgan fingerprint density at radius 1 is 1.12 bits per heavy atom. The predicted molar refractivity (Wildman–Crippen MR) is 94.7 cm³/mol. The van der Waals surface area contributed by atoms with Gasteiger partial charge in [0.15, 0.2) is 0 Å². The van der Waals surface area contributed by atoms with Gasteiger partial charge in [-0.05, 0) is 86.9 Å². The SMILES string of the molecule is COC(=O)[C@]1(C)CCC[C@@]2(C)[C@@H]3CC[C@@H]4C[C@@]3(CC[C@@H]21)C[C@]4(O)CO. The van der Waals surface area contributed by atoms with Gasteiger partial charge in [-0.15, -0.1) is 0 Å². The molecule has 0 amide bonds. The zero-order valence-corrected chi connectivity index (χ0v) is 16.0. The van der Waals surface area contributed by atoms with E-state index >= 15 is 0 Å². The third-order valence-electron chi connectivity index (χ3n) is 9.24. The highest BCUT2D eigenvalue weighted by atomic mass is 16.5. The van der Waals surface area contributed by atoms with E-state index in [0.717, 1.165) is 51.4 Å². The van der Waals surface area contributed by atoms with E-state index in [0.29, 0.717) is 11.8 Å². The van der Waals surface area contributed by atoms with Crippen molar-refractivity contribution in [3.8, 4) is 0 Å². The third kappa shape index (κ3) is 2.16. The summed E-state index contributed by atoms with van der Waals surface area (Å²) >= 11 is 0. The van der Waals surface area contributed by atoms with Gasteiger partial charge in [0.1, 0.15) is 0 Å². The summed E-state index contributed by atoms with van der Waals surface area (Å²) < 4.78 is 5.22. The molecule has 0 aromatic rings. The Morgan fingerprint density at radius 3 is 2.56 bits per heavy atom. The number of methoxy groups -OCH3 is 1. The maximum atomic E-state index is 12.7. The molecule has 4 aliphatic carbocycles. The molecule has 4 fully saturated rings. The molecule has 0 radical (unpaired) electrons. The Kier molecular flexibility index (Phi) is 3.88. The molecular formula is C21H34O4. The number of esters is 1. The molecule has 4 aliphatic rings. The molecule has 0 heterocycles. The number of aliphatic hydroxyl groups excluding tert-OH is 1. The Bertz CT molecular complexity index is 576.